The molecule has 0 aliphatic carbocycles. The van der Waals surface area contributed by atoms with E-state index in [1.54, 1.807) is 18.0 Å². The number of anilines is 1. The normalized spacial score (nSPS) is 17.7. The number of halogens is 2. The van der Waals surface area contributed by atoms with Crippen molar-refractivity contribution in [2.75, 3.05) is 38.5 Å². The molecule has 0 atom stereocenters. The van der Waals surface area contributed by atoms with Crippen LogP contribution in [0.5, 0.6) is 0 Å². The lowest BCUT2D eigenvalue weighted by Gasteiger charge is -2.32. The number of likely N-dealkylation sites (tertiary alicyclic amines) is 1. The average molecular weight is 660 g/mol. The minimum Gasteiger partial charge on any atom is -0.339 e. The zero-order valence-electron chi connectivity index (χ0n) is 29.1. The van der Waals surface area contributed by atoms with E-state index in [0.29, 0.717) is 37.0 Å². The Balaban J connectivity index is 1.60. The number of nitrogens with one attached hydrogen (secondary N) is 1. The first-order valence-electron chi connectivity index (χ1n) is 16.8. The van der Waals surface area contributed by atoms with Crippen molar-refractivity contribution < 1.29 is 18.4 Å². The number of carbonyl (C=O) groups excluding carboxylic acids is 2. The van der Waals surface area contributed by atoms with E-state index < -0.39 is 12.3 Å². The standard InChI is InChI=1S/C39H51F2N5O2/c1-7-9-11-12-29(3)28-31-19-24-46(25-20-31)37(48)33-14-16-34(17-15-33)44-38(42-6)43-30(4)35(13-10-8-2)32-21-26-45(27-22-32)36(47)18-23-39(5,40)41/h7-17,21,31H,1,18-20,22-28H2,2-6H3,(H,42,44)/b10-8-,11-9-,29-12+,35-13+,43-30?. The second-order valence-electron chi connectivity index (χ2n) is 12.5. The Hall–Kier alpha value is -4.40. The lowest BCUT2D eigenvalue weighted by molar-refractivity contribution is -0.132. The van der Waals surface area contributed by atoms with Gasteiger partial charge in [0.05, 0.1) is 0 Å². The van der Waals surface area contributed by atoms with E-state index in [9.17, 15) is 18.4 Å². The molecule has 0 radical (unpaired) electrons. The Labute approximate surface area is 285 Å². The summed E-state index contributed by atoms with van der Waals surface area (Å²) in [4.78, 5) is 38.4. The fraction of sp³-hybridized carbons (Fsp3) is 0.436. The second-order valence-corrected chi connectivity index (χ2v) is 12.5. The van der Waals surface area contributed by atoms with Gasteiger partial charge in [-0.25, -0.2) is 13.8 Å². The topological polar surface area (TPSA) is 77.4 Å². The van der Waals surface area contributed by atoms with E-state index in [-0.39, 0.29) is 18.2 Å². The van der Waals surface area contributed by atoms with Crippen LogP contribution in [0.3, 0.4) is 0 Å². The van der Waals surface area contributed by atoms with Gasteiger partial charge in [-0.1, -0.05) is 60.8 Å². The van der Waals surface area contributed by atoms with Crippen LogP contribution in [0, 0.1) is 5.92 Å². The van der Waals surface area contributed by atoms with E-state index in [2.05, 4.69) is 29.9 Å². The van der Waals surface area contributed by atoms with Gasteiger partial charge in [0, 0.05) is 63.0 Å². The molecule has 1 N–H and O–H groups in total. The third-order valence-electron chi connectivity index (χ3n) is 8.54. The Morgan fingerprint density at radius 2 is 1.75 bits per heavy atom. The predicted octanol–water partition coefficient (Wildman–Crippen LogP) is 8.57. The first-order chi connectivity index (χ1) is 22.9. The minimum atomic E-state index is -2.85. The summed E-state index contributed by atoms with van der Waals surface area (Å²) in [6, 6.07) is 7.39. The summed E-state index contributed by atoms with van der Waals surface area (Å²) < 4.78 is 26.5. The number of hydrogen-bond donors (Lipinski definition) is 1. The van der Waals surface area contributed by atoms with Crippen LogP contribution in [0.2, 0.25) is 0 Å². The summed E-state index contributed by atoms with van der Waals surface area (Å²) in [6.07, 6.45) is 18.7. The summed E-state index contributed by atoms with van der Waals surface area (Å²) >= 11 is 0. The highest BCUT2D eigenvalue weighted by Crippen LogP contribution is 2.26. The van der Waals surface area contributed by atoms with Crippen LogP contribution in [0.15, 0.2) is 106 Å². The van der Waals surface area contributed by atoms with E-state index in [4.69, 9.17) is 4.99 Å². The fourth-order valence-electron chi connectivity index (χ4n) is 5.80. The maximum Gasteiger partial charge on any atom is 0.253 e. The molecule has 9 heteroatoms. The minimum absolute atomic E-state index is 0.0440. The zero-order chi connectivity index (χ0) is 35.1. The van der Waals surface area contributed by atoms with Gasteiger partial charge < -0.3 is 15.1 Å². The number of hydrogen-bond acceptors (Lipinski definition) is 3. The quantitative estimate of drug-likeness (QED) is 0.139. The Morgan fingerprint density at radius 3 is 2.33 bits per heavy atom. The molecule has 0 unspecified atom stereocenters. The van der Waals surface area contributed by atoms with Crippen molar-refractivity contribution in [2.24, 2.45) is 15.9 Å². The van der Waals surface area contributed by atoms with Crippen molar-refractivity contribution in [3.8, 4) is 0 Å². The van der Waals surface area contributed by atoms with Crippen LogP contribution in [-0.4, -0.2) is 72.4 Å². The smallest absolute Gasteiger partial charge is 0.253 e. The van der Waals surface area contributed by atoms with Crippen molar-refractivity contribution in [3.05, 3.63) is 102 Å². The van der Waals surface area contributed by atoms with E-state index in [0.717, 1.165) is 61.8 Å². The number of rotatable bonds is 12. The van der Waals surface area contributed by atoms with Gasteiger partial charge in [-0.15, -0.1) is 0 Å². The molecule has 2 amide bonds. The van der Waals surface area contributed by atoms with Gasteiger partial charge in [0.15, 0.2) is 0 Å². The number of amides is 2. The maximum atomic E-state index is 13.2. The molecule has 0 saturated carbocycles. The number of piperidine rings is 1. The molecule has 48 heavy (non-hydrogen) atoms. The van der Waals surface area contributed by atoms with E-state index >= 15 is 0 Å². The van der Waals surface area contributed by atoms with Crippen LogP contribution in [0.1, 0.15) is 76.6 Å². The van der Waals surface area contributed by atoms with Gasteiger partial charge in [-0.3, -0.25) is 14.6 Å². The highest BCUT2D eigenvalue weighted by atomic mass is 19.3. The molecule has 0 spiro atoms. The van der Waals surface area contributed by atoms with Crippen LogP contribution in [0.4, 0.5) is 14.5 Å². The van der Waals surface area contributed by atoms with Crippen molar-refractivity contribution in [1.82, 2.24) is 9.80 Å². The molecule has 2 heterocycles. The summed E-state index contributed by atoms with van der Waals surface area (Å²) in [7, 11) is 1.66. The van der Waals surface area contributed by atoms with Crippen molar-refractivity contribution in [2.45, 2.75) is 72.1 Å². The Morgan fingerprint density at radius 1 is 1.04 bits per heavy atom. The van der Waals surface area contributed by atoms with Crippen LogP contribution in [0.25, 0.3) is 0 Å². The van der Waals surface area contributed by atoms with Crippen molar-refractivity contribution >= 4 is 29.2 Å². The molecule has 2 aliphatic rings. The SMILES string of the molecule is C=C/C=C\C=C(/C)CC1CCN(C(=O)c2ccc(NC(=NC)N=C(C)/C(=C\C=C/C)C3=CCN(C(=O)CCC(C)(F)F)CC3)cc2)CC1. The maximum absolute atomic E-state index is 13.2. The molecular formula is C39H51F2N5O2. The molecule has 3 rings (SSSR count). The Bertz CT molecular complexity index is 1480. The highest BCUT2D eigenvalue weighted by Gasteiger charge is 2.26. The van der Waals surface area contributed by atoms with Crippen LogP contribution < -0.4 is 5.32 Å². The fourth-order valence-corrected chi connectivity index (χ4v) is 5.80. The van der Waals surface area contributed by atoms with Crippen molar-refractivity contribution in [1.29, 1.82) is 0 Å². The second kappa shape index (κ2) is 18.8. The lowest BCUT2D eigenvalue weighted by Crippen LogP contribution is -2.38. The Kier molecular flexibility index (Phi) is 14.9. The molecule has 0 bridgehead atoms. The van der Waals surface area contributed by atoms with Crippen LogP contribution >= 0.6 is 0 Å². The summed E-state index contributed by atoms with van der Waals surface area (Å²) in [5.74, 6) is -2.07. The summed E-state index contributed by atoms with van der Waals surface area (Å²) in [6.45, 7) is 12.9. The zero-order valence-corrected chi connectivity index (χ0v) is 29.1. The first kappa shape index (κ1) is 38.1. The molecule has 0 aromatic heterocycles. The number of carbonyl (C=O) groups is 2. The van der Waals surface area contributed by atoms with Gasteiger partial charge >= 0.3 is 0 Å². The molecule has 258 valence electrons. The highest BCUT2D eigenvalue weighted by molar-refractivity contribution is 6.11. The molecule has 1 aromatic rings. The number of guanidine groups is 1. The van der Waals surface area contributed by atoms with E-state index in [1.807, 2.05) is 79.5 Å². The number of aliphatic imine (C=N–C) groups is 2. The molecule has 1 aromatic carbocycles. The van der Waals surface area contributed by atoms with Gasteiger partial charge in [-0.05, 0) is 94.7 Å². The molecular weight excluding hydrogens is 608 g/mol. The molecule has 1 fully saturated rings. The third-order valence-corrected chi connectivity index (χ3v) is 8.54. The largest absolute Gasteiger partial charge is 0.339 e. The van der Waals surface area contributed by atoms with Gasteiger partial charge in [0.1, 0.15) is 0 Å². The van der Waals surface area contributed by atoms with Gasteiger partial charge in [0.25, 0.3) is 5.91 Å². The number of alkyl halides is 2. The average Bonchev–Trinajstić information content (AvgIpc) is 3.07. The molecule has 2 aliphatic heterocycles. The third kappa shape index (κ3) is 12.3. The van der Waals surface area contributed by atoms with Crippen molar-refractivity contribution in [3.63, 3.8) is 0 Å². The monoisotopic (exact) mass is 659 g/mol. The van der Waals surface area contributed by atoms with Gasteiger partial charge in [0.2, 0.25) is 17.8 Å². The molecule has 1 saturated heterocycles. The van der Waals surface area contributed by atoms with E-state index in [1.165, 1.54) is 5.57 Å². The van der Waals surface area contributed by atoms with Crippen LogP contribution in [-0.2, 0) is 4.79 Å². The number of benzene rings is 1. The molecule has 7 nitrogen and oxygen atoms in total. The lowest BCUT2D eigenvalue weighted by atomic mass is 9.90. The summed E-state index contributed by atoms with van der Waals surface area (Å²) in [5, 5.41) is 3.25. The van der Waals surface area contributed by atoms with Gasteiger partial charge in [-0.2, -0.15) is 0 Å². The number of allylic oxidation sites excluding steroid dienone is 9. The first-order valence-corrected chi connectivity index (χ1v) is 16.8. The summed E-state index contributed by atoms with van der Waals surface area (Å²) in [5.41, 5.74) is 5.45. The predicted molar refractivity (Wildman–Crippen MR) is 195 cm³/mol. The number of nitrogens with zero attached hydrogens (tertiary/aromatic N) is 4.